The topological polar surface area (TPSA) is 79.9 Å². The van der Waals surface area contributed by atoms with Crippen LogP contribution in [0.15, 0.2) is 30.5 Å². The summed E-state index contributed by atoms with van der Waals surface area (Å²) < 4.78 is 7.18. The number of benzene rings is 1. The summed E-state index contributed by atoms with van der Waals surface area (Å²) in [6, 6.07) is 8.71. The molecular formula is C14H12N4O2. The van der Waals surface area contributed by atoms with Gasteiger partial charge in [-0.25, -0.2) is 4.68 Å². The van der Waals surface area contributed by atoms with Crippen LogP contribution in [0, 0.1) is 11.3 Å². The standard InChI is InChI=1S/C14H12N4O2/c15-8-10-2-4-11(5-3-10)17-13(19)12-9-16-18-6-1-7-20-14(12)18/h2-5,9H,1,6-7H2,(H,17,19). The average molecular weight is 268 g/mol. The normalized spacial score (nSPS) is 12.9. The van der Waals surface area contributed by atoms with Crippen molar-refractivity contribution in [1.82, 2.24) is 9.78 Å². The number of fused-ring (bicyclic) bond motifs is 1. The Morgan fingerprint density at radius 3 is 2.95 bits per heavy atom. The van der Waals surface area contributed by atoms with Crippen LogP contribution in [0.3, 0.4) is 0 Å². The maximum absolute atomic E-state index is 12.2. The van der Waals surface area contributed by atoms with E-state index in [2.05, 4.69) is 10.4 Å². The number of hydrogen-bond acceptors (Lipinski definition) is 4. The molecule has 0 bridgehead atoms. The third kappa shape index (κ3) is 2.21. The maximum Gasteiger partial charge on any atom is 0.262 e. The molecular weight excluding hydrogens is 256 g/mol. The summed E-state index contributed by atoms with van der Waals surface area (Å²) in [4.78, 5) is 12.2. The second-order valence-electron chi connectivity index (χ2n) is 4.43. The minimum Gasteiger partial charge on any atom is -0.477 e. The van der Waals surface area contributed by atoms with E-state index in [0.717, 1.165) is 13.0 Å². The van der Waals surface area contributed by atoms with Gasteiger partial charge < -0.3 is 10.1 Å². The number of aromatic nitrogens is 2. The number of aryl methyl sites for hydroxylation is 1. The first-order valence-electron chi connectivity index (χ1n) is 6.28. The summed E-state index contributed by atoms with van der Waals surface area (Å²) in [5.74, 6) is 0.250. The van der Waals surface area contributed by atoms with Crippen LogP contribution in [0.4, 0.5) is 5.69 Å². The first-order chi connectivity index (χ1) is 9.78. The van der Waals surface area contributed by atoms with E-state index >= 15 is 0 Å². The summed E-state index contributed by atoms with van der Waals surface area (Å²) in [5, 5.41) is 15.6. The molecule has 1 N–H and O–H groups in total. The van der Waals surface area contributed by atoms with Crippen LogP contribution in [0.25, 0.3) is 0 Å². The van der Waals surface area contributed by atoms with Gasteiger partial charge in [0.15, 0.2) is 0 Å². The zero-order chi connectivity index (χ0) is 13.9. The highest BCUT2D eigenvalue weighted by Gasteiger charge is 2.21. The number of carbonyl (C=O) groups excluding carboxylic acids is 1. The Hall–Kier alpha value is -2.81. The minimum atomic E-state index is -0.266. The Bertz CT molecular complexity index is 682. The fourth-order valence-corrected chi connectivity index (χ4v) is 2.05. The first-order valence-corrected chi connectivity index (χ1v) is 6.28. The van der Waals surface area contributed by atoms with Crippen molar-refractivity contribution in [3.8, 4) is 11.9 Å². The number of amides is 1. The van der Waals surface area contributed by atoms with Gasteiger partial charge in [0.2, 0.25) is 5.88 Å². The Morgan fingerprint density at radius 1 is 1.40 bits per heavy atom. The lowest BCUT2D eigenvalue weighted by Gasteiger charge is -2.15. The second kappa shape index (κ2) is 5.05. The molecule has 3 rings (SSSR count). The molecule has 0 atom stereocenters. The molecule has 0 radical (unpaired) electrons. The van der Waals surface area contributed by atoms with E-state index in [1.807, 2.05) is 6.07 Å². The fraction of sp³-hybridized carbons (Fsp3) is 0.214. The largest absolute Gasteiger partial charge is 0.477 e. The van der Waals surface area contributed by atoms with Crippen LogP contribution < -0.4 is 10.1 Å². The van der Waals surface area contributed by atoms with E-state index in [1.54, 1.807) is 28.9 Å². The van der Waals surface area contributed by atoms with Crippen molar-refractivity contribution in [3.63, 3.8) is 0 Å². The molecule has 1 amide bonds. The van der Waals surface area contributed by atoms with Gasteiger partial charge in [-0.1, -0.05) is 0 Å². The molecule has 0 unspecified atom stereocenters. The van der Waals surface area contributed by atoms with E-state index < -0.39 is 0 Å². The van der Waals surface area contributed by atoms with Crippen LogP contribution in [0.2, 0.25) is 0 Å². The Morgan fingerprint density at radius 2 is 2.20 bits per heavy atom. The Labute approximate surface area is 115 Å². The number of nitriles is 1. The number of ether oxygens (including phenoxy) is 1. The van der Waals surface area contributed by atoms with Crippen LogP contribution in [0.1, 0.15) is 22.3 Å². The van der Waals surface area contributed by atoms with Crippen molar-refractivity contribution in [1.29, 1.82) is 5.26 Å². The van der Waals surface area contributed by atoms with Crippen LogP contribution in [-0.2, 0) is 6.54 Å². The maximum atomic E-state index is 12.2. The lowest BCUT2D eigenvalue weighted by atomic mass is 10.2. The molecule has 0 saturated carbocycles. The van der Waals surface area contributed by atoms with E-state index in [4.69, 9.17) is 10.00 Å². The van der Waals surface area contributed by atoms with Crippen molar-refractivity contribution in [2.75, 3.05) is 11.9 Å². The summed E-state index contributed by atoms with van der Waals surface area (Å²) in [7, 11) is 0. The van der Waals surface area contributed by atoms with E-state index in [1.165, 1.54) is 6.20 Å². The van der Waals surface area contributed by atoms with E-state index in [0.29, 0.717) is 29.3 Å². The average Bonchev–Trinajstić information content (AvgIpc) is 2.92. The third-order valence-corrected chi connectivity index (χ3v) is 3.06. The van der Waals surface area contributed by atoms with Crippen LogP contribution >= 0.6 is 0 Å². The predicted octanol–water partition coefficient (Wildman–Crippen LogP) is 1.79. The molecule has 2 heterocycles. The number of rotatable bonds is 2. The summed E-state index contributed by atoms with van der Waals surface area (Å²) in [6.45, 7) is 1.36. The number of nitrogens with zero attached hydrogens (tertiary/aromatic N) is 3. The van der Waals surface area contributed by atoms with Crippen molar-refractivity contribution >= 4 is 11.6 Å². The molecule has 1 aromatic carbocycles. The van der Waals surface area contributed by atoms with Gasteiger partial charge in [-0.2, -0.15) is 10.4 Å². The third-order valence-electron chi connectivity index (χ3n) is 3.06. The molecule has 6 nitrogen and oxygen atoms in total. The SMILES string of the molecule is N#Cc1ccc(NC(=O)c2cnn3c2OCCC3)cc1. The molecule has 100 valence electrons. The van der Waals surface area contributed by atoms with Crippen molar-refractivity contribution in [3.05, 3.63) is 41.6 Å². The molecule has 1 aliphatic heterocycles. The lowest BCUT2D eigenvalue weighted by Crippen LogP contribution is -2.18. The molecule has 0 aliphatic carbocycles. The minimum absolute atomic E-state index is 0.266. The Balaban J connectivity index is 1.79. The van der Waals surface area contributed by atoms with Gasteiger partial charge >= 0.3 is 0 Å². The fourth-order valence-electron chi connectivity index (χ4n) is 2.05. The Kier molecular flexibility index (Phi) is 3.09. The molecule has 0 spiro atoms. The van der Waals surface area contributed by atoms with Gasteiger partial charge in [-0.15, -0.1) is 0 Å². The van der Waals surface area contributed by atoms with E-state index in [-0.39, 0.29) is 5.91 Å². The number of anilines is 1. The predicted molar refractivity (Wildman–Crippen MR) is 71.4 cm³/mol. The smallest absolute Gasteiger partial charge is 0.262 e. The van der Waals surface area contributed by atoms with Crippen molar-refractivity contribution in [2.45, 2.75) is 13.0 Å². The number of carbonyl (C=O) groups is 1. The monoisotopic (exact) mass is 268 g/mol. The zero-order valence-corrected chi connectivity index (χ0v) is 10.7. The molecule has 0 saturated heterocycles. The summed E-state index contributed by atoms with van der Waals surface area (Å²) in [5.41, 5.74) is 1.60. The summed E-state index contributed by atoms with van der Waals surface area (Å²) in [6.07, 6.45) is 2.41. The second-order valence-corrected chi connectivity index (χ2v) is 4.43. The van der Waals surface area contributed by atoms with Crippen LogP contribution in [0.5, 0.6) is 5.88 Å². The quantitative estimate of drug-likeness (QED) is 0.900. The number of hydrogen-bond donors (Lipinski definition) is 1. The zero-order valence-electron chi connectivity index (χ0n) is 10.7. The molecule has 6 heteroatoms. The summed E-state index contributed by atoms with van der Waals surface area (Å²) >= 11 is 0. The molecule has 2 aromatic rings. The van der Waals surface area contributed by atoms with Gasteiger partial charge in [-0.3, -0.25) is 4.79 Å². The molecule has 1 aromatic heterocycles. The van der Waals surface area contributed by atoms with Crippen molar-refractivity contribution < 1.29 is 9.53 Å². The highest BCUT2D eigenvalue weighted by Crippen LogP contribution is 2.23. The molecule has 0 fully saturated rings. The van der Waals surface area contributed by atoms with Gasteiger partial charge in [0, 0.05) is 18.7 Å². The highest BCUT2D eigenvalue weighted by molar-refractivity contribution is 6.05. The van der Waals surface area contributed by atoms with Crippen LogP contribution in [-0.4, -0.2) is 22.3 Å². The van der Waals surface area contributed by atoms with Gasteiger partial charge in [0.25, 0.3) is 5.91 Å². The van der Waals surface area contributed by atoms with Gasteiger partial charge in [0.05, 0.1) is 24.4 Å². The highest BCUT2D eigenvalue weighted by atomic mass is 16.5. The lowest BCUT2D eigenvalue weighted by molar-refractivity contribution is 0.102. The van der Waals surface area contributed by atoms with E-state index in [9.17, 15) is 4.79 Å². The molecule has 1 aliphatic rings. The first kappa shape index (κ1) is 12.2. The van der Waals surface area contributed by atoms with Gasteiger partial charge in [-0.05, 0) is 24.3 Å². The number of nitrogens with one attached hydrogen (secondary N) is 1. The van der Waals surface area contributed by atoms with Crippen molar-refractivity contribution in [2.24, 2.45) is 0 Å². The molecule has 20 heavy (non-hydrogen) atoms. The van der Waals surface area contributed by atoms with Gasteiger partial charge in [0.1, 0.15) is 5.56 Å².